The van der Waals surface area contributed by atoms with Crippen molar-refractivity contribution in [3.63, 3.8) is 0 Å². The largest absolute Gasteiger partial charge is 0.294 e. The summed E-state index contributed by atoms with van der Waals surface area (Å²) in [5, 5.41) is 1.99. The predicted molar refractivity (Wildman–Crippen MR) is 42.7 cm³/mol. The zero-order chi connectivity index (χ0) is 10.1. The van der Waals surface area contributed by atoms with Crippen LogP contribution in [0.4, 0.5) is 0 Å². The van der Waals surface area contributed by atoms with E-state index in [2.05, 4.69) is 0 Å². The lowest BCUT2D eigenvalue weighted by Crippen LogP contribution is -2.55. The summed E-state index contributed by atoms with van der Waals surface area (Å²) in [5.41, 5.74) is 0. The van der Waals surface area contributed by atoms with Gasteiger partial charge in [0.25, 0.3) is 10.2 Å². The van der Waals surface area contributed by atoms with Gasteiger partial charge in [-0.1, -0.05) is 0 Å². The third-order valence-corrected chi connectivity index (χ3v) is 2.97. The van der Waals surface area contributed by atoms with E-state index >= 15 is 0 Å². The molecule has 0 radical (unpaired) electrons. The maximum Gasteiger partial charge on any atom is 0.280 e. The van der Waals surface area contributed by atoms with Crippen molar-refractivity contribution in [3.8, 4) is 0 Å². The van der Waals surface area contributed by atoms with Gasteiger partial charge < -0.3 is 0 Å². The zero-order valence-electron chi connectivity index (χ0n) is 6.90. The van der Waals surface area contributed by atoms with Crippen molar-refractivity contribution < 1.29 is 18.0 Å². The molecule has 7 nitrogen and oxygen atoms in total. The number of carbonyl (C=O) groups is 2. The molecule has 0 aromatic carbocycles. The van der Waals surface area contributed by atoms with Crippen molar-refractivity contribution in [2.75, 3.05) is 20.1 Å². The van der Waals surface area contributed by atoms with Gasteiger partial charge in [-0.2, -0.15) is 12.7 Å². The van der Waals surface area contributed by atoms with Crippen LogP contribution in [0.15, 0.2) is 0 Å². The first-order chi connectivity index (χ1) is 5.95. The second-order valence-corrected chi connectivity index (χ2v) is 4.32. The number of carbonyl (C=O) groups excluding carboxylic acids is 2. The Labute approximate surface area is 75.3 Å². The number of nitrogens with one attached hydrogen (secondary N) is 2. The van der Waals surface area contributed by atoms with Crippen LogP contribution in [0.1, 0.15) is 0 Å². The molecule has 0 aliphatic carbocycles. The molecule has 1 fully saturated rings. The van der Waals surface area contributed by atoms with Gasteiger partial charge in [0, 0.05) is 7.05 Å². The Morgan fingerprint density at radius 1 is 1.31 bits per heavy atom. The Bertz CT molecular complexity index is 320. The van der Waals surface area contributed by atoms with Crippen LogP contribution in [-0.4, -0.2) is 44.7 Å². The van der Waals surface area contributed by atoms with Gasteiger partial charge in [0.2, 0.25) is 11.8 Å². The molecular formula is C5H9N3O4S. The highest BCUT2D eigenvalue weighted by Crippen LogP contribution is 2.00. The van der Waals surface area contributed by atoms with Crippen molar-refractivity contribution in [3.05, 3.63) is 0 Å². The summed E-state index contributed by atoms with van der Waals surface area (Å²) in [4.78, 5) is 21.6. The lowest BCUT2D eigenvalue weighted by atomic mass is 10.4. The number of amides is 2. The quantitative estimate of drug-likeness (QED) is 0.486. The number of rotatable bonds is 2. The van der Waals surface area contributed by atoms with Gasteiger partial charge in [0.1, 0.15) is 0 Å². The van der Waals surface area contributed by atoms with E-state index in [0.717, 1.165) is 4.31 Å². The maximum atomic E-state index is 11.1. The van der Waals surface area contributed by atoms with Gasteiger partial charge in [-0.05, 0) is 0 Å². The van der Waals surface area contributed by atoms with Crippen molar-refractivity contribution in [2.24, 2.45) is 0 Å². The second-order valence-electron chi connectivity index (χ2n) is 2.45. The van der Waals surface area contributed by atoms with Gasteiger partial charge in [0.05, 0.1) is 13.1 Å². The van der Waals surface area contributed by atoms with Crippen LogP contribution in [0.25, 0.3) is 0 Å². The average Bonchev–Trinajstić information content (AvgIpc) is 2.02. The lowest BCUT2D eigenvalue weighted by molar-refractivity contribution is -0.134. The van der Waals surface area contributed by atoms with Crippen LogP contribution in [0, 0.1) is 0 Å². The third kappa shape index (κ3) is 2.23. The summed E-state index contributed by atoms with van der Waals surface area (Å²) >= 11 is 0. The fraction of sp³-hybridized carbons (Fsp3) is 0.600. The van der Waals surface area contributed by atoms with Gasteiger partial charge in [-0.3, -0.25) is 14.9 Å². The minimum atomic E-state index is -3.69. The Balaban J connectivity index is 2.83. The first-order valence-corrected chi connectivity index (χ1v) is 4.91. The van der Waals surface area contributed by atoms with Crippen molar-refractivity contribution in [1.29, 1.82) is 0 Å². The molecule has 1 aliphatic rings. The van der Waals surface area contributed by atoms with Gasteiger partial charge in [-0.25, -0.2) is 4.72 Å². The van der Waals surface area contributed by atoms with E-state index in [9.17, 15) is 18.0 Å². The Morgan fingerprint density at radius 2 is 1.77 bits per heavy atom. The number of hydrogen-bond acceptors (Lipinski definition) is 4. The monoisotopic (exact) mass is 207 g/mol. The molecule has 1 saturated heterocycles. The zero-order valence-corrected chi connectivity index (χ0v) is 7.72. The smallest absolute Gasteiger partial charge is 0.280 e. The van der Waals surface area contributed by atoms with Crippen LogP contribution < -0.4 is 10.0 Å². The van der Waals surface area contributed by atoms with Crippen LogP contribution in [0.3, 0.4) is 0 Å². The number of nitrogens with zero attached hydrogens (tertiary/aromatic N) is 1. The maximum absolute atomic E-state index is 11.1. The fourth-order valence-corrected chi connectivity index (χ4v) is 1.74. The van der Waals surface area contributed by atoms with E-state index in [-0.39, 0.29) is 13.1 Å². The summed E-state index contributed by atoms with van der Waals surface area (Å²) in [6.07, 6.45) is 0. The minimum Gasteiger partial charge on any atom is -0.294 e. The molecule has 2 N–H and O–H groups in total. The first kappa shape index (κ1) is 10.1. The van der Waals surface area contributed by atoms with Crippen molar-refractivity contribution in [1.82, 2.24) is 14.3 Å². The van der Waals surface area contributed by atoms with E-state index in [1.807, 2.05) is 10.0 Å². The Kier molecular flexibility index (Phi) is 2.64. The third-order valence-electron chi connectivity index (χ3n) is 1.52. The number of hydrogen-bond donors (Lipinski definition) is 2. The molecule has 1 heterocycles. The molecule has 2 amide bonds. The highest BCUT2D eigenvalue weighted by Gasteiger charge is 2.30. The van der Waals surface area contributed by atoms with Crippen LogP contribution in [0.2, 0.25) is 0 Å². The highest BCUT2D eigenvalue weighted by atomic mass is 32.2. The standard InChI is InChI=1S/C5H9N3O4S/c1-6-13(11,12)8-2-4(9)7-5(10)3-8/h6H,2-3H2,1H3,(H,7,9,10). The normalized spacial score (nSPS) is 20.1. The molecule has 0 saturated carbocycles. The van der Waals surface area contributed by atoms with Gasteiger partial charge in [0.15, 0.2) is 0 Å². The molecule has 13 heavy (non-hydrogen) atoms. The number of imide groups is 1. The molecule has 0 aromatic heterocycles. The van der Waals surface area contributed by atoms with E-state index in [1.54, 1.807) is 0 Å². The van der Waals surface area contributed by atoms with Crippen molar-refractivity contribution >= 4 is 22.0 Å². The molecule has 0 atom stereocenters. The summed E-state index contributed by atoms with van der Waals surface area (Å²) in [5.74, 6) is -1.23. The molecule has 0 unspecified atom stereocenters. The summed E-state index contributed by atoms with van der Waals surface area (Å²) < 4.78 is 25.0. The fourth-order valence-electron chi connectivity index (χ4n) is 0.910. The SMILES string of the molecule is CNS(=O)(=O)N1CC(=O)NC(=O)C1. The van der Waals surface area contributed by atoms with E-state index in [0.29, 0.717) is 0 Å². The van der Waals surface area contributed by atoms with E-state index in [1.165, 1.54) is 7.05 Å². The number of piperazine rings is 1. The predicted octanol–water partition coefficient (Wildman–Crippen LogP) is -2.59. The molecule has 8 heteroatoms. The first-order valence-electron chi connectivity index (χ1n) is 3.47. The van der Waals surface area contributed by atoms with Gasteiger partial charge >= 0.3 is 0 Å². The van der Waals surface area contributed by atoms with Crippen LogP contribution >= 0.6 is 0 Å². The van der Waals surface area contributed by atoms with E-state index in [4.69, 9.17) is 0 Å². The highest BCUT2D eigenvalue weighted by molar-refractivity contribution is 7.87. The molecule has 1 aliphatic heterocycles. The molecule has 0 spiro atoms. The van der Waals surface area contributed by atoms with E-state index < -0.39 is 22.0 Å². The summed E-state index contributed by atoms with van der Waals surface area (Å²) in [6.45, 7) is -0.649. The van der Waals surface area contributed by atoms with Gasteiger partial charge in [-0.15, -0.1) is 0 Å². The molecule has 74 valence electrons. The topological polar surface area (TPSA) is 95.6 Å². The lowest BCUT2D eigenvalue weighted by Gasteiger charge is -2.23. The van der Waals surface area contributed by atoms with Crippen molar-refractivity contribution in [2.45, 2.75) is 0 Å². The molecular weight excluding hydrogens is 198 g/mol. The summed E-state index contributed by atoms with van der Waals surface area (Å²) in [7, 11) is -2.47. The average molecular weight is 207 g/mol. The Hall–Kier alpha value is -0.990. The molecule has 1 rings (SSSR count). The summed E-state index contributed by atoms with van der Waals surface area (Å²) in [6, 6.07) is 0. The Morgan fingerprint density at radius 3 is 2.15 bits per heavy atom. The van der Waals surface area contributed by atoms with Crippen LogP contribution in [0.5, 0.6) is 0 Å². The molecule has 0 bridgehead atoms. The van der Waals surface area contributed by atoms with Crippen LogP contribution in [-0.2, 0) is 19.8 Å². The molecule has 0 aromatic rings. The second kappa shape index (κ2) is 3.40. The minimum absolute atomic E-state index is 0.324.